The second kappa shape index (κ2) is 6.94. The van der Waals surface area contributed by atoms with Crippen molar-refractivity contribution < 1.29 is 5.11 Å². The summed E-state index contributed by atoms with van der Waals surface area (Å²) in [5.74, 6) is -0.379. The van der Waals surface area contributed by atoms with Gasteiger partial charge in [0.25, 0.3) is 0 Å². The zero-order valence-corrected chi connectivity index (χ0v) is 14.7. The molecule has 4 heteroatoms. The fourth-order valence-corrected chi connectivity index (χ4v) is 3.50. The molecule has 0 aliphatic carbocycles. The summed E-state index contributed by atoms with van der Waals surface area (Å²) in [6.07, 6.45) is 1.72. The van der Waals surface area contributed by atoms with E-state index in [2.05, 4.69) is 4.98 Å². The third-order valence-electron chi connectivity index (χ3n) is 4.15. The molecule has 122 valence electrons. The highest BCUT2D eigenvalue weighted by Crippen LogP contribution is 2.43. The summed E-state index contributed by atoms with van der Waals surface area (Å²) < 4.78 is 0. The van der Waals surface area contributed by atoms with Crippen LogP contribution in [-0.4, -0.2) is 10.1 Å². The molecule has 2 nitrogen and oxygen atoms in total. The summed E-state index contributed by atoms with van der Waals surface area (Å²) in [6.45, 7) is 1.75. The van der Waals surface area contributed by atoms with Crippen LogP contribution in [0.15, 0.2) is 72.9 Å². The quantitative estimate of drug-likeness (QED) is 0.675. The molecule has 0 radical (unpaired) electrons. The van der Waals surface area contributed by atoms with Crippen LogP contribution in [0, 0.1) is 0 Å². The van der Waals surface area contributed by atoms with E-state index in [0.717, 1.165) is 11.3 Å². The Kier molecular flexibility index (Phi) is 4.91. The number of rotatable bonds is 4. The number of nitrogens with zero attached hydrogens (tertiary/aromatic N) is 1. The molecule has 3 rings (SSSR count). The molecule has 0 spiro atoms. The van der Waals surface area contributed by atoms with Crippen molar-refractivity contribution in [1.29, 1.82) is 0 Å². The Morgan fingerprint density at radius 1 is 0.958 bits per heavy atom. The second-order valence-corrected chi connectivity index (χ2v) is 6.71. The average molecular weight is 358 g/mol. The van der Waals surface area contributed by atoms with Crippen LogP contribution < -0.4 is 0 Å². The van der Waals surface area contributed by atoms with Gasteiger partial charge in [-0.2, -0.15) is 0 Å². The minimum absolute atomic E-state index is 0.379. The van der Waals surface area contributed by atoms with E-state index in [4.69, 9.17) is 23.2 Å². The van der Waals surface area contributed by atoms with Crippen LogP contribution in [0.1, 0.15) is 29.7 Å². The Balaban J connectivity index is 2.19. The molecule has 0 saturated carbocycles. The summed E-state index contributed by atoms with van der Waals surface area (Å²) in [5.41, 5.74) is 1.02. The Bertz CT molecular complexity index is 780. The minimum atomic E-state index is -1.28. The van der Waals surface area contributed by atoms with Gasteiger partial charge in [0.05, 0.1) is 11.6 Å². The fraction of sp³-hybridized carbons (Fsp3) is 0.150. The standard InChI is InChI=1S/C20H17Cl2NO/c1-20(24,16-13-15(21)10-11-17(16)22)19(14-7-3-2-4-8-14)18-9-5-6-12-23-18/h2-13,19,24H,1H3. The monoisotopic (exact) mass is 357 g/mol. The van der Waals surface area contributed by atoms with Crippen molar-refractivity contribution in [3.8, 4) is 0 Å². The first-order valence-electron chi connectivity index (χ1n) is 7.64. The normalized spacial score (nSPS) is 14.8. The molecule has 3 aromatic rings. The minimum Gasteiger partial charge on any atom is -0.384 e. The van der Waals surface area contributed by atoms with Crippen LogP contribution in [0.2, 0.25) is 10.0 Å². The van der Waals surface area contributed by atoms with Crippen LogP contribution in [0.3, 0.4) is 0 Å². The third-order valence-corrected chi connectivity index (χ3v) is 4.72. The number of hydrogen-bond acceptors (Lipinski definition) is 2. The van der Waals surface area contributed by atoms with Crippen molar-refractivity contribution in [2.24, 2.45) is 0 Å². The van der Waals surface area contributed by atoms with Crippen molar-refractivity contribution in [2.75, 3.05) is 0 Å². The van der Waals surface area contributed by atoms with E-state index in [1.807, 2.05) is 48.5 Å². The molecular weight excluding hydrogens is 341 g/mol. The van der Waals surface area contributed by atoms with Gasteiger partial charge in [0.1, 0.15) is 5.60 Å². The summed E-state index contributed by atoms with van der Waals surface area (Å²) in [5, 5.41) is 12.5. The lowest BCUT2D eigenvalue weighted by Crippen LogP contribution is -2.32. The number of halogens is 2. The molecule has 0 bridgehead atoms. The van der Waals surface area contributed by atoms with Crippen LogP contribution in [-0.2, 0) is 5.60 Å². The Morgan fingerprint density at radius 3 is 2.33 bits per heavy atom. The Hall–Kier alpha value is -1.87. The van der Waals surface area contributed by atoms with Crippen LogP contribution in [0.5, 0.6) is 0 Å². The van der Waals surface area contributed by atoms with Crippen molar-refractivity contribution in [3.63, 3.8) is 0 Å². The first kappa shape index (κ1) is 17.0. The van der Waals surface area contributed by atoms with E-state index < -0.39 is 5.60 Å². The zero-order chi connectivity index (χ0) is 17.2. The fourth-order valence-electron chi connectivity index (χ4n) is 3.02. The molecule has 0 amide bonds. The van der Waals surface area contributed by atoms with Crippen molar-refractivity contribution in [1.82, 2.24) is 4.98 Å². The molecule has 1 heterocycles. The molecular formula is C20H17Cl2NO. The van der Waals surface area contributed by atoms with Gasteiger partial charge in [-0.15, -0.1) is 0 Å². The number of hydrogen-bond donors (Lipinski definition) is 1. The number of aliphatic hydroxyl groups is 1. The van der Waals surface area contributed by atoms with E-state index in [1.165, 1.54) is 0 Å². The van der Waals surface area contributed by atoms with Crippen molar-refractivity contribution >= 4 is 23.2 Å². The lowest BCUT2D eigenvalue weighted by molar-refractivity contribution is 0.0381. The van der Waals surface area contributed by atoms with Crippen LogP contribution >= 0.6 is 23.2 Å². The van der Waals surface area contributed by atoms with Gasteiger partial charge < -0.3 is 5.11 Å². The lowest BCUT2D eigenvalue weighted by atomic mass is 9.76. The molecule has 0 fully saturated rings. The summed E-state index contributed by atoms with van der Waals surface area (Å²) in [6, 6.07) is 20.6. The van der Waals surface area contributed by atoms with Gasteiger partial charge in [-0.3, -0.25) is 4.98 Å². The Morgan fingerprint density at radius 2 is 1.67 bits per heavy atom. The van der Waals surface area contributed by atoms with Gasteiger partial charge in [0.15, 0.2) is 0 Å². The van der Waals surface area contributed by atoms with Gasteiger partial charge in [-0.1, -0.05) is 59.6 Å². The highest BCUT2D eigenvalue weighted by atomic mass is 35.5. The SMILES string of the molecule is CC(O)(c1cc(Cl)ccc1Cl)C(c1ccccc1)c1ccccn1. The highest BCUT2D eigenvalue weighted by Gasteiger charge is 2.38. The van der Waals surface area contributed by atoms with E-state index in [0.29, 0.717) is 15.6 Å². The van der Waals surface area contributed by atoms with Crippen molar-refractivity contribution in [3.05, 3.63) is 99.8 Å². The molecule has 24 heavy (non-hydrogen) atoms. The predicted octanol–water partition coefficient (Wildman–Crippen LogP) is 5.43. The summed E-state index contributed by atoms with van der Waals surface area (Å²) >= 11 is 12.5. The van der Waals surface area contributed by atoms with Gasteiger partial charge >= 0.3 is 0 Å². The smallest absolute Gasteiger partial charge is 0.101 e. The molecule has 2 aromatic carbocycles. The van der Waals surface area contributed by atoms with Gasteiger partial charge in [-0.05, 0) is 42.8 Å². The first-order chi connectivity index (χ1) is 11.5. The zero-order valence-electron chi connectivity index (χ0n) is 13.2. The Labute approximate surface area is 151 Å². The van der Waals surface area contributed by atoms with Gasteiger partial charge in [0.2, 0.25) is 0 Å². The molecule has 2 atom stereocenters. The maximum Gasteiger partial charge on any atom is 0.101 e. The topological polar surface area (TPSA) is 33.1 Å². The predicted molar refractivity (Wildman–Crippen MR) is 98.6 cm³/mol. The molecule has 2 unspecified atom stereocenters. The van der Waals surface area contributed by atoms with E-state index in [1.54, 1.807) is 31.3 Å². The number of benzene rings is 2. The third kappa shape index (κ3) is 3.32. The first-order valence-corrected chi connectivity index (χ1v) is 8.39. The van der Waals surface area contributed by atoms with E-state index in [-0.39, 0.29) is 5.92 Å². The number of pyridine rings is 1. The second-order valence-electron chi connectivity index (χ2n) is 5.87. The average Bonchev–Trinajstić information content (AvgIpc) is 2.59. The van der Waals surface area contributed by atoms with Crippen LogP contribution in [0.25, 0.3) is 0 Å². The van der Waals surface area contributed by atoms with Crippen molar-refractivity contribution in [2.45, 2.75) is 18.4 Å². The van der Waals surface area contributed by atoms with Gasteiger partial charge in [0, 0.05) is 21.8 Å². The van der Waals surface area contributed by atoms with E-state index >= 15 is 0 Å². The lowest BCUT2D eigenvalue weighted by Gasteiger charge is -2.34. The maximum absolute atomic E-state index is 11.5. The summed E-state index contributed by atoms with van der Waals surface area (Å²) in [7, 11) is 0. The van der Waals surface area contributed by atoms with Crippen LogP contribution in [0.4, 0.5) is 0 Å². The largest absolute Gasteiger partial charge is 0.384 e. The molecule has 1 N–H and O–H groups in total. The molecule has 0 aliphatic heterocycles. The summed E-state index contributed by atoms with van der Waals surface area (Å²) in [4.78, 5) is 4.46. The molecule has 1 aromatic heterocycles. The maximum atomic E-state index is 11.5. The highest BCUT2D eigenvalue weighted by molar-refractivity contribution is 6.33. The van der Waals surface area contributed by atoms with Gasteiger partial charge in [-0.25, -0.2) is 0 Å². The van der Waals surface area contributed by atoms with E-state index in [9.17, 15) is 5.11 Å². The number of aromatic nitrogens is 1. The molecule has 0 aliphatic rings. The molecule has 0 saturated heterocycles.